The third-order valence-electron chi connectivity index (χ3n) is 1.96. The number of aliphatic hydroxyl groups is 1. The molecule has 0 radical (unpaired) electrons. The van der Waals surface area contributed by atoms with Gasteiger partial charge in [-0.3, -0.25) is 4.90 Å². The van der Waals surface area contributed by atoms with Gasteiger partial charge in [-0.1, -0.05) is 20.8 Å². The van der Waals surface area contributed by atoms with Crippen molar-refractivity contribution < 1.29 is 9.84 Å². The van der Waals surface area contributed by atoms with Crippen molar-refractivity contribution in [1.29, 1.82) is 0 Å². The Morgan fingerprint density at radius 3 is 2.43 bits per heavy atom. The largest absolute Gasteiger partial charge is 0.395 e. The van der Waals surface area contributed by atoms with E-state index in [1.165, 1.54) is 0 Å². The average Bonchev–Trinajstić information content (AvgIpc) is 2.12. The van der Waals surface area contributed by atoms with Gasteiger partial charge in [-0.05, 0) is 18.9 Å². The van der Waals surface area contributed by atoms with E-state index in [4.69, 9.17) is 9.84 Å². The van der Waals surface area contributed by atoms with E-state index in [9.17, 15) is 0 Å². The van der Waals surface area contributed by atoms with Crippen molar-refractivity contribution in [3.63, 3.8) is 0 Å². The van der Waals surface area contributed by atoms with Crippen LogP contribution in [0.15, 0.2) is 0 Å². The fraction of sp³-hybridized carbons (Fsp3) is 1.00. The molecule has 14 heavy (non-hydrogen) atoms. The maximum atomic E-state index is 8.83. The maximum Gasteiger partial charge on any atom is 0.0593 e. The van der Waals surface area contributed by atoms with Gasteiger partial charge in [-0.25, -0.2) is 0 Å². The molecule has 0 aromatic rings. The van der Waals surface area contributed by atoms with E-state index < -0.39 is 0 Å². The van der Waals surface area contributed by atoms with Gasteiger partial charge >= 0.3 is 0 Å². The maximum absolute atomic E-state index is 8.83. The van der Waals surface area contributed by atoms with E-state index >= 15 is 0 Å². The molecule has 0 aliphatic carbocycles. The highest BCUT2D eigenvalue weighted by molar-refractivity contribution is 4.55. The number of rotatable bonds is 9. The van der Waals surface area contributed by atoms with Crippen molar-refractivity contribution >= 4 is 0 Å². The van der Waals surface area contributed by atoms with Gasteiger partial charge in [0.2, 0.25) is 0 Å². The quantitative estimate of drug-likeness (QED) is 0.574. The predicted octanol–water partition coefficient (Wildman–Crippen LogP) is 1.36. The van der Waals surface area contributed by atoms with Gasteiger partial charge in [0.25, 0.3) is 0 Å². The van der Waals surface area contributed by atoms with Gasteiger partial charge in [0.1, 0.15) is 0 Å². The number of hydrogen-bond donors (Lipinski definition) is 1. The van der Waals surface area contributed by atoms with Crippen LogP contribution in [0.25, 0.3) is 0 Å². The van der Waals surface area contributed by atoms with Crippen LogP contribution in [0.2, 0.25) is 0 Å². The predicted molar refractivity (Wildman–Crippen MR) is 59.5 cm³/mol. The van der Waals surface area contributed by atoms with Crippen LogP contribution in [0, 0.1) is 5.92 Å². The lowest BCUT2D eigenvalue weighted by Gasteiger charge is -2.20. The van der Waals surface area contributed by atoms with Crippen LogP contribution in [0.5, 0.6) is 0 Å². The molecule has 0 aromatic heterocycles. The lowest BCUT2D eigenvalue weighted by Crippen LogP contribution is -2.31. The molecular formula is C11H25NO2. The zero-order chi connectivity index (χ0) is 10.8. The zero-order valence-electron chi connectivity index (χ0n) is 9.83. The highest BCUT2D eigenvalue weighted by Crippen LogP contribution is 1.94. The Bertz CT molecular complexity index is 112. The highest BCUT2D eigenvalue weighted by atomic mass is 16.5. The third kappa shape index (κ3) is 8.48. The number of aliphatic hydroxyl groups excluding tert-OH is 1. The van der Waals surface area contributed by atoms with Crippen molar-refractivity contribution in [2.45, 2.75) is 27.2 Å². The van der Waals surface area contributed by atoms with E-state index in [0.29, 0.717) is 5.92 Å². The smallest absolute Gasteiger partial charge is 0.0593 e. The second-order valence-electron chi connectivity index (χ2n) is 4.03. The number of nitrogens with zero attached hydrogens (tertiary/aromatic N) is 1. The van der Waals surface area contributed by atoms with Crippen molar-refractivity contribution in [3.8, 4) is 0 Å². The van der Waals surface area contributed by atoms with Crippen LogP contribution >= 0.6 is 0 Å². The lowest BCUT2D eigenvalue weighted by molar-refractivity contribution is 0.0797. The minimum Gasteiger partial charge on any atom is -0.395 e. The molecule has 0 amide bonds. The van der Waals surface area contributed by atoms with Gasteiger partial charge in [0.05, 0.1) is 13.2 Å². The zero-order valence-corrected chi connectivity index (χ0v) is 9.83. The Hall–Kier alpha value is -0.120. The summed E-state index contributed by atoms with van der Waals surface area (Å²) in [7, 11) is 0. The van der Waals surface area contributed by atoms with Gasteiger partial charge in [-0.2, -0.15) is 0 Å². The molecule has 0 fully saturated rings. The van der Waals surface area contributed by atoms with Gasteiger partial charge in [0, 0.05) is 19.7 Å². The molecule has 0 spiro atoms. The summed E-state index contributed by atoms with van der Waals surface area (Å²) in [6, 6.07) is 0. The van der Waals surface area contributed by atoms with Gasteiger partial charge < -0.3 is 9.84 Å². The van der Waals surface area contributed by atoms with Crippen LogP contribution in [-0.2, 0) is 4.74 Å². The average molecular weight is 203 g/mol. The topological polar surface area (TPSA) is 32.7 Å². The molecule has 0 aliphatic rings. The normalized spacial score (nSPS) is 11.6. The SMILES string of the molecule is CCCN(CCO)CCOCC(C)C. The molecule has 3 nitrogen and oxygen atoms in total. The third-order valence-corrected chi connectivity index (χ3v) is 1.96. The van der Waals surface area contributed by atoms with Crippen LogP contribution in [0.1, 0.15) is 27.2 Å². The van der Waals surface area contributed by atoms with Gasteiger partial charge in [-0.15, -0.1) is 0 Å². The van der Waals surface area contributed by atoms with Crippen LogP contribution < -0.4 is 0 Å². The van der Waals surface area contributed by atoms with E-state index in [1.807, 2.05) is 0 Å². The standard InChI is InChI=1S/C11H25NO2/c1-4-5-12(6-8-13)7-9-14-10-11(2)3/h11,13H,4-10H2,1-3H3. The first-order valence-corrected chi connectivity index (χ1v) is 5.61. The van der Waals surface area contributed by atoms with Crippen molar-refractivity contribution in [1.82, 2.24) is 4.90 Å². The summed E-state index contributed by atoms with van der Waals surface area (Å²) in [6.07, 6.45) is 1.13. The lowest BCUT2D eigenvalue weighted by atomic mass is 10.2. The second-order valence-corrected chi connectivity index (χ2v) is 4.03. The molecule has 0 aliphatic heterocycles. The minimum atomic E-state index is 0.240. The highest BCUT2D eigenvalue weighted by Gasteiger charge is 2.02. The van der Waals surface area contributed by atoms with Crippen molar-refractivity contribution in [3.05, 3.63) is 0 Å². The Kier molecular flexibility index (Phi) is 9.35. The van der Waals surface area contributed by atoms with E-state index in [-0.39, 0.29) is 6.61 Å². The summed E-state index contributed by atoms with van der Waals surface area (Å²) in [5.41, 5.74) is 0. The Labute approximate surface area is 88.1 Å². The second kappa shape index (κ2) is 9.44. The van der Waals surface area contributed by atoms with E-state index in [1.54, 1.807) is 0 Å². The summed E-state index contributed by atoms with van der Waals surface area (Å²) in [4.78, 5) is 2.24. The van der Waals surface area contributed by atoms with E-state index in [0.717, 1.165) is 39.3 Å². The molecule has 0 bridgehead atoms. The monoisotopic (exact) mass is 203 g/mol. The van der Waals surface area contributed by atoms with Crippen molar-refractivity contribution in [2.75, 3.05) is 39.5 Å². The fourth-order valence-electron chi connectivity index (χ4n) is 1.31. The van der Waals surface area contributed by atoms with E-state index in [2.05, 4.69) is 25.7 Å². The molecule has 3 heteroatoms. The van der Waals surface area contributed by atoms with Crippen molar-refractivity contribution in [2.24, 2.45) is 5.92 Å². The number of ether oxygens (including phenoxy) is 1. The molecule has 0 rings (SSSR count). The molecular weight excluding hydrogens is 178 g/mol. The Morgan fingerprint density at radius 1 is 1.21 bits per heavy atom. The molecule has 0 saturated carbocycles. The van der Waals surface area contributed by atoms with Gasteiger partial charge in [0.15, 0.2) is 0 Å². The molecule has 1 N–H and O–H groups in total. The number of hydrogen-bond acceptors (Lipinski definition) is 3. The molecule has 86 valence electrons. The van der Waals surface area contributed by atoms with Crippen LogP contribution in [-0.4, -0.2) is 49.5 Å². The molecule has 0 atom stereocenters. The molecule has 0 unspecified atom stereocenters. The summed E-state index contributed by atoms with van der Waals surface area (Å²) < 4.78 is 5.49. The first-order chi connectivity index (χ1) is 6.70. The molecule has 0 saturated heterocycles. The summed E-state index contributed by atoms with van der Waals surface area (Å²) >= 11 is 0. The summed E-state index contributed by atoms with van der Waals surface area (Å²) in [6.45, 7) is 11.0. The molecule has 0 heterocycles. The Balaban J connectivity index is 3.40. The summed E-state index contributed by atoms with van der Waals surface area (Å²) in [5, 5.41) is 8.83. The fourth-order valence-corrected chi connectivity index (χ4v) is 1.31. The van der Waals surface area contributed by atoms with Crippen LogP contribution in [0.4, 0.5) is 0 Å². The first-order valence-electron chi connectivity index (χ1n) is 5.61. The Morgan fingerprint density at radius 2 is 1.93 bits per heavy atom. The summed E-state index contributed by atoms with van der Waals surface area (Å²) in [5.74, 6) is 0.604. The minimum absolute atomic E-state index is 0.240. The molecule has 0 aromatic carbocycles. The first kappa shape index (κ1) is 13.9. The van der Waals surface area contributed by atoms with Crippen LogP contribution in [0.3, 0.4) is 0 Å².